The van der Waals surface area contributed by atoms with Gasteiger partial charge in [0.05, 0.1) is 6.42 Å². The third-order valence-corrected chi connectivity index (χ3v) is 4.31. The first-order valence-corrected chi connectivity index (χ1v) is 7.57. The van der Waals surface area contributed by atoms with Crippen LogP contribution >= 0.6 is 0 Å². The number of piperidine rings is 1. The molecule has 0 bridgehead atoms. The zero-order chi connectivity index (χ0) is 14.8. The number of likely N-dealkylation sites (N-methyl/N-ethyl adjacent to an activating group) is 1. The number of imide groups is 1. The highest BCUT2D eigenvalue weighted by atomic mass is 16.2. The summed E-state index contributed by atoms with van der Waals surface area (Å²) in [6, 6.07) is 7.71. The van der Waals surface area contributed by atoms with Gasteiger partial charge in [-0.25, -0.2) is 0 Å². The Labute approximate surface area is 124 Å². The summed E-state index contributed by atoms with van der Waals surface area (Å²) < 4.78 is 0. The molecule has 1 aromatic rings. The molecule has 5 heteroatoms. The first-order valence-electron chi connectivity index (χ1n) is 7.57. The molecule has 1 aromatic carbocycles. The van der Waals surface area contributed by atoms with Gasteiger partial charge in [0.1, 0.15) is 6.04 Å². The van der Waals surface area contributed by atoms with E-state index in [9.17, 15) is 9.59 Å². The van der Waals surface area contributed by atoms with Crippen molar-refractivity contribution in [3.05, 3.63) is 24.3 Å². The molecule has 0 spiro atoms. The van der Waals surface area contributed by atoms with Crippen molar-refractivity contribution in [2.75, 3.05) is 30.4 Å². The molecular weight excluding hydrogens is 266 g/mol. The average Bonchev–Trinajstić information content (AvgIpc) is 2.76. The van der Waals surface area contributed by atoms with E-state index in [1.165, 1.54) is 36.9 Å². The Morgan fingerprint density at radius 3 is 2.29 bits per heavy atom. The number of amides is 2. The molecule has 0 saturated carbocycles. The molecule has 2 aliphatic heterocycles. The molecule has 1 N–H and O–H groups in total. The van der Waals surface area contributed by atoms with Crippen molar-refractivity contribution in [1.29, 1.82) is 0 Å². The van der Waals surface area contributed by atoms with Crippen molar-refractivity contribution in [3.63, 3.8) is 0 Å². The molecular formula is C16H21N3O2. The van der Waals surface area contributed by atoms with Gasteiger partial charge < -0.3 is 10.2 Å². The zero-order valence-corrected chi connectivity index (χ0v) is 12.3. The lowest BCUT2D eigenvalue weighted by molar-refractivity contribution is -0.136. The second kappa shape index (κ2) is 5.76. The molecule has 2 amide bonds. The lowest BCUT2D eigenvalue weighted by atomic mass is 10.1. The highest BCUT2D eigenvalue weighted by Crippen LogP contribution is 2.23. The number of hydrogen-bond acceptors (Lipinski definition) is 4. The molecule has 2 fully saturated rings. The van der Waals surface area contributed by atoms with Gasteiger partial charge in [-0.3, -0.25) is 14.5 Å². The van der Waals surface area contributed by atoms with Crippen molar-refractivity contribution in [2.45, 2.75) is 31.7 Å². The van der Waals surface area contributed by atoms with Gasteiger partial charge in [0, 0.05) is 31.5 Å². The predicted molar refractivity (Wildman–Crippen MR) is 82.3 cm³/mol. The molecule has 21 heavy (non-hydrogen) atoms. The minimum Gasteiger partial charge on any atom is -0.373 e. The molecule has 3 rings (SSSR count). The van der Waals surface area contributed by atoms with Crippen LogP contribution in [0.2, 0.25) is 0 Å². The Bertz CT molecular complexity index is 535. The number of nitrogens with zero attached hydrogens (tertiary/aromatic N) is 2. The summed E-state index contributed by atoms with van der Waals surface area (Å²) in [5.41, 5.74) is 2.11. The van der Waals surface area contributed by atoms with Crippen molar-refractivity contribution >= 4 is 23.2 Å². The monoisotopic (exact) mass is 287 g/mol. The first kappa shape index (κ1) is 13.9. The van der Waals surface area contributed by atoms with Crippen LogP contribution in [-0.2, 0) is 9.59 Å². The number of carbonyl (C=O) groups is 2. The Balaban J connectivity index is 1.64. The fourth-order valence-electron chi connectivity index (χ4n) is 2.99. The molecule has 0 aromatic heterocycles. The van der Waals surface area contributed by atoms with Crippen LogP contribution < -0.4 is 10.2 Å². The van der Waals surface area contributed by atoms with E-state index in [1.807, 2.05) is 12.1 Å². The van der Waals surface area contributed by atoms with Gasteiger partial charge in [0.15, 0.2) is 0 Å². The number of nitrogens with one attached hydrogen (secondary N) is 1. The number of carbonyl (C=O) groups excluding carboxylic acids is 2. The van der Waals surface area contributed by atoms with E-state index in [0.717, 1.165) is 18.8 Å². The summed E-state index contributed by atoms with van der Waals surface area (Å²) in [7, 11) is 1.53. The van der Waals surface area contributed by atoms with E-state index < -0.39 is 6.04 Å². The van der Waals surface area contributed by atoms with E-state index in [0.29, 0.717) is 0 Å². The lowest BCUT2D eigenvalue weighted by Gasteiger charge is -2.29. The molecule has 2 saturated heterocycles. The van der Waals surface area contributed by atoms with Gasteiger partial charge in [-0.05, 0) is 43.5 Å². The highest BCUT2D eigenvalue weighted by Gasteiger charge is 2.35. The van der Waals surface area contributed by atoms with Crippen LogP contribution in [0.15, 0.2) is 24.3 Å². The third kappa shape index (κ3) is 2.86. The van der Waals surface area contributed by atoms with Crippen molar-refractivity contribution in [1.82, 2.24) is 4.90 Å². The average molecular weight is 287 g/mol. The fourth-order valence-corrected chi connectivity index (χ4v) is 2.99. The van der Waals surface area contributed by atoms with Gasteiger partial charge in [-0.15, -0.1) is 0 Å². The van der Waals surface area contributed by atoms with E-state index in [-0.39, 0.29) is 18.2 Å². The van der Waals surface area contributed by atoms with Crippen molar-refractivity contribution in [2.24, 2.45) is 0 Å². The molecule has 2 heterocycles. The van der Waals surface area contributed by atoms with Gasteiger partial charge in [0.25, 0.3) is 5.91 Å². The summed E-state index contributed by atoms with van der Waals surface area (Å²) in [4.78, 5) is 27.0. The van der Waals surface area contributed by atoms with Crippen LogP contribution in [0.1, 0.15) is 25.7 Å². The van der Waals surface area contributed by atoms with Gasteiger partial charge in [0.2, 0.25) is 5.91 Å². The number of likely N-dealkylation sites (tertiary alicyclic amines) is 1. The Kier molecular flexibility index (Phi) is 3.82. The first-order chi connectivity index (χ1) is 10.1. The van der Waals surface area contributed by atoms with Crippen molar-refractivity contribution in [3.8, 4) is 0 Å². The summed E-state index contributed by atoms with van der Waals surface area (Å²) in [5.74, 6) is -0.275. The van der Waals surface area contributed by atoms with E-state index in [2.05, 4.69) is 22.3 Å². The summed E-state index contributed by atoms with van der Waals surface area (Å²) in [6.45, 7) is 2.24. The third-order valence-electron chi connectivity index (χ3n) is 4.31. The van der Waals surface area contributed by atoms with Crippen LogP contribution in [-0.4, -0.2) is 42.9 Å². The smallest absolute Gasteiger partial charge is 0.251 e. The number of hydrogen-bond donors (Lipinski definition) is 1. The topological polar surface area (TPSA) is 52.7 Å². The van der Waals surface area contributed by atoms with E-state index >= 15 is 0 Å². The van der Waals surface area contributed by atoms with E-state index in [4.69, 9.17) is 0 Å². The molecule has 0 radical (unpaired) electrons. The van der Waals surface area contributed by atoms with Crippen LogP contribution in [0.25, 0.3) is 0 Å². The minimum atomic E-state index is -0.427. The second-order valence-electron chi connectivity index (χ2n) is 5.79. The van der Waals surface area contributed by atoms with Gasteiger partial charge >= 0.3 is 0 Å². The minimum absolute atomic E-state index is 0.123. The fraction of sp³-hybridized carbons (Fsp3) is 0.500. The molecule has 1 atom stereocenters. The number of anilines is 2. The summed E-state index contributed by atoms with van der Waals surface area (Å²) in [6.07, 6.45) is 4.07. The van der Waals surface area contributed by atoms with Gasteiger partial charge in [-0.1, -0.05) is 0 Å². The largest absolute Gasteiger partial charge is 0.373 e. The van der Waals surface area contributed by atoms with Crippen LogP contribution in [0.3, 0.4) is 0 Å². The number of benzene rings is 1. The van der Waals surface area contributed by atoms with E-state index in [1.54, 1.807) is 0 Å². The SMILES string of the molecule is CN1C(=O)C[C@@H](Nc2ccc(N3CCCCC3)cc2)C1=O. The second-order valence-corrected chi connectivity index (χ2v) is 5.79. The molecule has 112 valence electrons. The quantitative estimate of drug-likeness (QED) is 0.862. The molecule has 5 nitrogen and oxygen atoms in total. The maximum absolute atomic E-state index is 11.9. The normalized spacial score (nSPS) is 22.8. The van der Waals surface area contributed by atoms with Crippen LogP contribution in [0, 0.1) is 0 Å². The maximum Gasteiger partial charge on any atom is 0.251 e. The molecule has 2 aliphatic rings. The predicted octanol–water partition coefficient (Wildman–Crippen LogP) is 1.85. The lowest BCUT2D eigenvalue weighted by Crippen LogP contribution is -2.32. The summed E-state index contributed by atoms with van der Waals surface area (Å²) >= 11 is 0. The van der Waals surface area contributed by atoms with Crippen LogP contribution in [0.5, 0.6) is 0 Å². The Hall–Kier alpha value is -2.04. The van der Waals surface area contributed by atoms with Crippen molar-refractivity contribution < 1.29 is 9.59 Å². The van der Waals surface area contributed by atoms with Crippen LogP contribution in [0.4, 0.5) is 11.4 Å². The molecule has 0 aliphatic carbocycles. The zero-order valence-electron chi connectivity index (χ0n) is 12.3. The standard InChI is InChI=1S/C16H21N3O2/c1-18-15(20)11-14(16(18)21)17-12-5-7-13(8-6-12)19-9-3-2-4-10-19/h5-8,14,17H,2-4,9-11H2,1H3/t14-/m1/s1. The highest BCUT2D eigenvalue weighted by molar-refractivity contribution is 6.06. The molecule has 0 unspecified atom stereocenters. The number of rotatable bonds is 3. The maximum atomic E-state index is 11.9. The van der Waals surface area contributed by atoms with Gasteiger partial charge in [-0.2, -0.15) is 0 Å². The Morgan fingerprint density at radius 2 is 1.71 bits per heavy atom. The Morgan fingerprint density at radius 1 is 1.05 bits per heavy atom. The summed E-state index contributed by atoms with van der Waals surface area (Å²) in [5, 5.41) is 3.15.